The van der Waals surface area contributed by atoms with Crippen molar-refractivity contribution in [3.63, 3.8) is 0 Å². The molecule has 7 heteroatoms. The third-order valence-electron chi connectivity index (χ3n) is 4.17. The molecular weight excluding hydrogens is 360 g/mol. The van der Waals surface area contributed by atoms with Gasteiger partial charge in [0, 0.05) is 18.3 Å². The second kappa shape index (κ2) is 8.91. The van der Waals surface area contributed by atoms with Gasteiger partial charge in [-0.1, -0.05) is 17.7 Å². The molecule has 0 fully saturated rings. The molecule has 144 valence electrons. The van der Waals surface area contributed by atoms with Crippen LogP contribution in [0.25, 0.3) is 0 Å². The number of aryl methyl sites for hydroxylation is 1. The first kappa shape index (κ1) is 19.2. The molecule has 2 aromatic rings. The van der Waals surface area contributed by atoms with E-state index in [1.165, 1.54) is 4.90 Å². The number of hydrogen-bond acceptors (Lipinski definition) is 6. The molecule has 7 nitrogen and oxygen atoms in total. The molecule has 0 N–H and O–H groups in total. The number of carbonyl (C=O) groups is 2. The standard InChI is InChI=1S/C21H20N2O5/c1-15-4-2-5-16(12-15)21(25)28-14-20(24)23(9-3-8-22)17-6-7-18-19(13-17)27-11-10-26-18/h2,4-7,12-13H,3,9-11,14H2,1H3. The van der Waals surface area contributed by atoms with Crippen LogP contribution < -0.4 is 14.4 Å². The van der Waals surface area contributed by atoms with Gasteiger partial charge in [0.15, 0.2) is 18.1 Å². The molecule has 0 spiro atoms. The van der Waals surface area contributed by atoms with Crippen LogP contribution in [0.2, 0.25) is 0 Å². The number of esters is 1. The van der Waals surface area contributed by atoms with E-state index in [4.69, 9.17) is 19.5 Å². The molecule has 0 saturated heterocycles. The largest absolute Gasteiger partial charge is 0.486 e. The van der Waals surface area contributed by atoms with Crippen LogP contribution in [0.3, 0.4) is 0 Å². The number of carbonyl (C=O) groups excluding carboxylic acids is 2. The molecule has 2 aromatic carbocycles. The van der Waals surface area contributed by atoms with Crippen molar-refractivity contribution in [3.05, 3.63) is 53.6 Å². The summed E-state index contributed by atoms with van der Waals surface area (Å²) >= 11 is 0. The number of ether oxygens (including phenoxy) is 3. The van der Waals surface area contributed by atoms with Crippen molar-refractivity contribution < 1.29 is 23.8 Å². The molecule has 1 amide bonds. The van der Waals surface area contributed by atoms with Crippen molar-refractivity contribution in [3.8, 4) is 17.6 Å². The van der Waals surface area contributed by atoms with Crippen LogP contribution in [0.4, 0.5) is 5.69 Å². The Morgan fingerprint density at radius 1 is 1.14 bits per heavy atom. The van der Waals surface area contributed by atoms with Gasteiger partial charge in [0.2, 0.25) is 0 Å². The Hall–Kier alpha value is -3.53. The van der Waals surface area contributed by atoms with Gasteiger partial charge in [0.05, 0.1) is 18.1 Å². The van der Waals surface area contributed by atoms with E-state index in [1.807, 2.05) is 19.1 Å². The van der Waals surface area contributed by atoms with E-state index in [9.17, 15) is 9.59 Å². The van der Waals surface area contributed by atoms with Crippen molar-refractivity contribution in [2.24, 2.45) is 0 Å². The minimum absolute atomic E-state index is 0.145. The van der Waals surface area contributed by atoms with Gasteiger partial charge in [-0.15, -0.1) is 0 Å². The molecule has 0 atom stereocenters. The molecule has 1 aliphatic heterocycles. The highest BCUT2D eigenvalue weighted by atomic mass is 16.6. The summed E-state index contributed by atoms with van der Waals surface area (Å²) in [6.45, 7) is 2.52. The van der Waals surface area contributed by atoms with E-state index in [-0.39, 0.29) is 13.0 Å². The maximum Gasteiger partial charge on any atom is 0.338 e. The van der Waals surface area contributed by atoms with Crippen molar-refractivity contribution in [2.45, 2.75) is 13.3 Å². The van der Waals surface area contributed by atoms with Crippen molar-refractivity contribution in [1.82, 2.24) is 0 Å². The van der Waals surface area contributed by atoms with Gasteiger partial charge in [-0.05, 0) is 31.2 Å². The Kier molecular flexibility index (Phi) is 6.12. The second-order valence-corrected chi connectivity index (χ2v) is 6.23. The number of anilines is 1. The smallest absolute Gasteiger partial charge is 0.338 e. The van der Waals surface area contributed by atoms with Crippen LogP contribution >= 0.6 is 0 Å². The van der Waals surface area contributed by atoms with E-state index in [1.54, 1.807) is 36.4 Å². The minimum Gasteiger partial charge on any atom is -0.486 e. The molecule has 0 radical (unpaired) electrons. The Morgan fingerprint density at radius 2 is 1.93 bits per heavy atom. The lowest BCUT2D eigenvalue weighted by Crippen LogP contribution is -2.35. The molecule has 28 heavy (non-hydrogen) atoms. The molecule has 0 bridgehead atoms. The fourth-order valence-electron chi connectivity index (χ4n) is 2.82. The summed E-state index contributed by atoms with van der Waals surface area (Å²) in [5, 5.41) is 8.91. The van der Waals surface area contributed by atoms with Crippen LogP contribution in [0, 0.1) is 18.3 Å². The lowest BCUT2D eigenvalue weighted by molar-refractivity contribution is -0.121. The van der Waals surface area contributed by atoms with Crippen LogP contribution in [0.1, 0.15) is 22.3 Å². The Balaban J connectivity index is 1.71. The highest BCUT2D eigenvalue weighted by molar-refractivity contribution is 5.97. The first-order valence-corrected chi connectivity index (χ1v) is 8.89. The summed E-state index contributed by atoms with van der Waals surface area (Å²) in [6, 6.07) is 14.1. The molecule has 0 saturated carbocycles. The number of amides is 1. The average Bonchev–Trinajstić information content (AvgIpc) is 2.72. The molecule has 1 heterocycles. The van der Waals surface area contributed by atoms with Gasteiger partial charge < -0.3 is 19.1 Å². The van der Waals surface area contributed by atoms with Crippen LogP contribution in [-0.4, -0.2) is 38.2 Å². The monoisotopic (exact) mass is 380 g/mol. The number of benzene rings is 2. The second-order valence-electron chi connectivity index (χ2n) is 6.23. The minimum atomic E-state index is -0.570. The average molecular weight is 380 g/mol. The summed E-state index contributed by atoms with van der Waals surface area (Å²) in [4.78, 5) is 26.3. The third-order valence-corrected chi connectivity index (χ3v) is 4.17. The van der Waals surface area contributed by atoms with Crippen molar-refractivity contribution >= 4 is 17.6 Å². The lowest BCUT2D eigenvalue weighted by Gasteiger charge is -2.24. The van der Waals surface area contributed by atoms with Gasteiger partial charge in [0.25, 0.3) is 5.91 Å². The molecule has 3 rings (SSSR count). The van der Waals surface area contributed by atoms with E-state index < -0.39 is 18.5 Å². The van der Waals surface area contributed by atoms with Crippen molar-refractivity contribution in [1.29, 1.82) is 5.26 Å². The third kappa shape index (κ3) is 4.60. The zero-order chi connectivity index (χ0) is 19.9. The predicted octanol–water partition coefficient (Wildman–Crippen LogP) is 2.87. The summed E-state index contributed by atoms with van der Waals surface area (Å²) < 4.78 is 16.2. The quantitative estimate of drug-likeness (QED) is 0.716. The highest BCUT2D eigenvalue weighted by Crippen LogP contribution is 2.34. The Bertz CT molecular complexity index is 919. The first-order chi connectivity index (χ1) is 13.6. The molecule has 1 aliphatic rings. The molecule has 0 aliphatic carbocycles. The Labute approximate surface area is 163 Å². The summed E-state index contributed by atoms with van der Waals surface area (Å²) in [6.07, 6.45) is 0.145. The fourth-order valence-corrected chi connectivity index (χ4v) is 2.82. The predicted molar refractivity (Wildman–Crippen MR) is 101 cm³/mol. The van der Waals surface area contributed by atoms with Gasteiger partial charge in [-0.25, -0.2) is 4.79 Å². The number of fused-ring (bicyclic) bond motifs is 1. The molecule has 0 unspecified atom stereocenters. The van der Waals surface area contributed by atoms with Crippen LogP contribution in [0.15, 0.2) is 42.5 Å². The van der Waals surface area contributed by atoms with Crippen LogP contribution in [-0.2, 0) is 9.53 Å². The van der Waals surface area contributed by atoms with Gasteiger partial charge in [0.1, 0.15) is 13.2 Å². The lowest BCUT2D eigenvalue weighted by atomic mass is 10.1. The van der Waals surface area contributed by atoms with E-state index in [2.05, 4.69) is 0 Å². The fraction of sp³-hybridized carbons (Fsp3) is 0.286. The molecule has 0 aromatic heterocycles. The van der Waals surface area contributed by atoms with Gasteiger partial charge in [-0.2, -0.15) is 5.26 Å². The summed E-state index contributed by atoms with van der Waals surface area (Å²) in [7, 11) is 0. The zero-order valence-electron chi connectivity index (χ0n) is 15.5. The SMILES string of the molecule is Cc1cccc(C(=O)OCC(=O)N(CCC#N)c2ccc3c(c2)OCCO3)c1. The van der Waals surface area contributed by atoms with E-state index in [0.717, 1.165) is 5.56 Å². The summed E-state index contributed by atoms with van der Waals surface area (Å²) in [5.74, 6) is 0.149. The van der Waals surface area contributed by atoms with E-state index >= 15 is 0 Å². The van der Waals surface area contributed by atoms with Gasteiger partial charge >= 0.3 is 5.97 Å². The van der Waals surface area contributed by atoms with Gasteiger partial charge in [-0.3, -0.25) is 4.79 Å². The topological polar surface area (TPSA) is 88.9 Å². The Morgan fingerprint density at radius 3 is 2.68 bits per heavy atom. The highest BCUT2D eigenvalue weighted by Gasteiger charge is 2.21. The zero-order valence-corrected chi connectivity index (χ0v) is 15.5. The van der Waals surface area contributed by atoms with Crippen LogP contribution in [0.5, 0.6) is 11.5 Å². The number of hydrogen-bond donors (Lipinski definition) is 0. The van der Waals surface area contributed by atoms with E-state index in [0.29, 0.717) is 36.0 Å². The maximum absolute atomic E-state index is 12.7. The first-order valence-electron chi connectivity index (χ1n) is 8.89. The number of nitriles is 1. The maximum atomic E-state index is 12.7. The van der Waals surface area contributed by atoms with Crippen molar-refractivity contribution in [2.75, 3.05) is 31.3 Å². The molecular formula is C21H20N2O5. The normalized spacial score (nSPS) is 12.0. The number of nitrogens with zero attached hydrogens (tertiary/aromatic N) is 2. The number of rotatable bonds is 6. The summed E-state index contributed by atoms with van der Waals surface area (Å²) in [5.41, 5.74) is 1.86.